The lowest BCUT2D eigenvalue weighted by atomic mass is 9.99. The summed E-state index contributed by atoms with van der Waals surface area (Å²) in [5.41, 5.74) is 1.51. The maximum Gasteiger partial charge on any atom is 0.118 e. The first kappa shape index (κ1) is 7.88. The Balaban J connectivity index is 2.06. The summed E-state index contributed by atoms with van der Waals surface area (Å²) >= 11 is 7.06. The van der Waals surface area contributed by atoms with Crippen LogP contribution in [-0.2, 0) is 0 Å². The molecule has 1 atom stereocenters. The highest BCUT2D eigenvalue weighted by molar-refractivity contribution is 8.17. The first-order valence-electron chi connectivity index (χ1n) is 4.40. The SMILES string of the molecule is S=C1N=CN=C2SC3=C(CCC3)C12. The normalized spacial score (nSPS) is 30.6. The summed E-state index contributed by atoms with van der Waals surface area (Å²) in [7, 11) is 0. The number of thioether (sulfide) groups is 1. The van der Waals surface area contributed by atoms with E-state index in [4.69, 9.17) is 12.2 Å². The van der Waals surface area contributed by atoms with Crippen molar-refractivity contribution >= 4 is 40.4 Å². The van der Waals surface area contributed by atoms with E-state index in [-0.39, 0.29) is 5.92 Å². The van der Waals surface area contributed by atoms with Crippen LogP contribution in [0, 0.1) is 5.92 Å². The van der Waals surface area contributed by atoms with Crippen molar-refractivity contribution < 1.29 is 0 Å². The molecular weight excluding hydrogens is 200 g/mol. The fourth-order valence-corrected chi connectivity index (χ4v) is 3.77. The van der Waals surface area contributed by atoms with Gasteiger partial charge in [-0.15, -0.1) is 0 Å². The van der Waals surface area contributed by atoms with Gasteiger partial charge in [0.1, 0.15) is 11.3 Å². The lowest BCUT2D eigenvalue weighted by Gasteiger charge is -2.14. The van der Waals surface area contributed by atoms with Gasteiger partial charge in [0.05, 0.1) is 11.0 Å². The van der Waals surface area contributed by atoms with Crippen molar-refractivity contribution in [2.24, 2.45) is 15.9 Å². The molecule has 2 aliphatic heterocycles. The second kappa shape index (κ2) is 2.75. The molecule has 0 saturated carbocycles. The van der Waals surface area contributed by atoms with Crippen LogP contribution in [0.25, 0.3) is 0 Å². The number of hydrogen-bond donors (Lipinski definition) is 0. The van der Waals surface area contributed by atoms with Crippen molar-refractivity contribution in [3.05, 3.63) is 10.5 Å². The molecule has 0 spiro atoms. The van der Waals surface area contributed by atoms with Gasteiger partial charge in [0, 0.05) is 0 Å². The molecule has 66 valence electrons. The van der Waals surface area contributed by atoms with Crippen LogP contribution < -0.4 is 0 Å². The molecule has 0 radical (unpaired) electrons. The van der Waals surface area contributed by atoms with Crippen LogP contribution in [0.1, 0.15) is 19.3 Å². The second-order valence-electron chi connectivity index (χ2n) is 3.39. The van der Waals surface area contributed by atoms with Crippen LogP contribution in [0.2, 0.25) is 0 Å². The maximum atomic E-state index is 5.24. The van der Waals surface area contributed by atoms with Crippen LogP contribution in [0.5, 0.6) is 0 Å². The Morgan fingerprint density at radius 2 is 2.38 bits per heavy atom. The Bertz CT molecular complexity index is 379. The van der Waals surface area contributed by atoms with Gasteiger partial charge >= 0.3 is 0 Å². The fourth-order valence-electron chi connectivity index (χ4n) is 2.07. The zero-order chi connectivity index (χ0) is 8.84. The molecule has 0 N–H and O–H groups in total. The minimum Gasteiger partial charge on any atom is -0.233 e. The van der Waals surface area contributed by atoms with Crippen molar-refractivity contribution in [3.8, 4) is 0 Å². The number of thiocarbonyl (C=S) groups is 1. The Kier molecular flexibility index (Phi) is 1.67. The third-order valence-electron chi connectivity index (χ3n) is 2.65. The Labute approximate surface area is 86.2 Å². The average molecular weight is 208 g/mol. The lowest BCUT2D eigenvalue weighted by Crippen LogP contribution is -2.20. The zero-order valence-electron chi connectivity index (χ0n) is 6.99. The molecule has 0 bridgehead atoms. The maximum absolute atomic E-state index is 5.24. The van der Waals surface area contributed by atoms with Gasteiger partial charge in [-0.3, -0.25) is 0 Å². The predicted molar refractivity (Wildman–Crippen MR) is 60.5 cm³/mol. The van der Waals surface area contributed by atoms with Crippen LogP contribution in [-0.4, -0.2) is 16.4 Å². The molecule has 0 aromatic heterocycles. The molecule has 2 heterocycles. The van der Waals surface area contributed by atoms with E-state index in [1.165, 1.54) is 29.7 Å². The van der Waals surface area contributed by atoms with Gasteiger partial charge in [-0.25, -0.2) is 9.98 Å². The third kappa shape index (κ3) is 1.05. The van der Waals surface area contributed by atoms with Gasteiger partial charge in [0.2, 0.25) is 0 Å². The van der Waals surface area contributed by atoms with Gasteiger partial charge in [0.15, 0.2) is 0 Å². The van der Waals surface area contributed by atoms with Crippen LogP contribution in [0.15, 0.2) is 20.5 Å². The van der Waals surface area contributed by atoms with E-state index in [9.17, 15) is 0 Å². The van der Waals surface area contributed by atoms with E-state index >= 15 is 0 Å². The van der Waals surface area contributed by atoms with Crippen molar-refractivity contribution in [2.45, 2.75) is 19.3 Å². The summed E-state index contributed by atoms with van der Waals surface area (Å²) in [5, 5.41) is 1.16. The van der Waals surface area contributed by atoms with Crippen molar-refractivity contribution in [2.75, 3.05) is 0 Å². The zero-order valence-corrected chi connectivity index (χ0v) is 8.62. The molecule has 3 aliphatic rings. The van der Waals surface area contributed by atoms with Crippen LogP contribution >= 0.6 is 24.0 Å². The van der Waals surface area contributed by atoms with Gasteiger partial charge in [0.25, 0.3) is 0 Å². The summed E-state index contributed by atoms with van der Waals surface area (Å²) in [5.74, 6) is 0.280. The molecule has 0 fully saturated rings. The predicted octanol–water partition coefficient (Wildman–Crippen LogP) is 2.56. The van der Waals surface area contributed by atoms with Gasteiger partial charge < -0.3 is 0 Å². The Morgan fingerprint density at radius 3 is 3.31 bits per heavy atom. The molecule has 0 amide bonds. The van der Waals surface area contributed by atoms with Gasteiger partial charge in [-0.05, 0) is 29.7 Å². The van der Waals surface area contributed by atoms with E-state index < -0.39 is 0 Å². The summed E-state index contributed by atoms with van der Waals surface area (Å²) in [4.78, 5) is 10.7. The van der Waals surface area contributed by atoms with Crippen molar-refractivity contribution in [1.82, 2.24) is 0 Å². The largest absolute Gasteiger partial charge is 0.233 e. The number of rotatable bonds is 0. The number of aliphatic imine (C=N–C) groups is 2. The van der Waals surface area contributed by atoms with Crippen molar-refractivity contribution in [3.63, 3.8) is 0 Å². The Morgan fingerprint density at radius 1 is 1.46 bits per heavy atom. The molecule has 1 aliphatic carbocycles. The molecular formula is C9H8N2S2. The molecule has 13 heavy (non-hydrogen) atoms. The average Bonchev–Trinajstić information content (AvgIpc) is 2.62. The number of fused-ring (bicyclic) bond motifs is 2. The first-order valence-corrected chi connectivity index (χ1v) is 5.62. The monoisotopic (exact) mass is 208 g/mol. The van der Waals surface area contributed by atoms with E-state index in [1.54, 1.807) is 6.34 Å². The minimum absolute atomic E-state index is 0.280. The Hall–Kier alpha value is -0.480. The van der Waals surface area contributed by atoms with E-state index in [1.807, 2.05) is 11.8 Å². The number of allylic oxidation sites excluding steroid dienone is 1. The smallest absolute Gasteiger partial charge is 0.118 e. The van der Waals surface area contributed by atoms with Crippen molar-refractivity contribution in [1.29, 1.82) is 0 Å². The molecule has 0 aromatic rings. The fraction of sp³-hybridized carbons (Fsp3) is 0.444. The third-order valence-corrected chi connectivity index (χ3v) is 4.25. The van der Waals surface area contributed by atoms with Gasteiger partial charge in [-0.2, -0.15) is 0 Å². The molecule has 1 unspecified atom stereocenters. The summed E-state index contributed by atoms with van der Waals surface area (Å²) in [6, 6.07) is 0. The summed E-state index contributed by atoms with van der Waals surface area (Å²) < 4.78 is 0. The standard InChI is InChI=1S/C9H8N2S2/c12-8-7-5-2-1-3-6(5)13-9(7)11-4-10-8/h4,7H,1-3H2. The highest BCUT2D eigenvalue weighted by Crippen LogP contribution is 2.48. The summed E-state index contributed by atoms with van der Waals surface area (Å²) in [6.07, 6.45) is 5.29. The minimum atomic E-state index is 0.280. The van der Waals surface area contributed by atoms with Gasteiger partial charge in [-0.1, -0.05) is 24.0 Å². The van der Waals surface area contributed by atoms with E-state index in [0.717, 1.165) is 10.0 Å². The first-order chi connectivity index (χ1) is 6.36. The highest BCUT2D eigenvalue weighted by Gasteiger charge is 2.38. The molecule has 0 aromatic carbocycles. The summed E-state index contributed by atoms with van der Waals surface area (Å²) in [6.45, 7) is 0. The number of nitrogens with zero attached hydrogens (tertiary/aromatic N) is 2. The van der Waals surface area contributed by atoms with Crippen LogP contribution in [0.3, 0.4) is 0 Å². The second-order valence-corrected chi connectivity index (χ2v) is 4.92. The molecule has 0 saturated heterocycles. The quantitative estimate of drug-likeness (QED) is 0.571. The topological polar surface area (TPSA) is 24.7 Å². The lowest BCUT2D eigenvalue weighted by molar-refractivity contribution is 0.873. The van der Waals surface area contributed by atoms with E-state index in [0.29, 0.717) is 0 Å². The van der Waals surface area contributed by atoms with Crippen LogP contribution in [0.4, 0.5) is 0 Å². The number of hydrogen-bond acceptors (Lipinski definition) is 3. The highest BCUT2D eigenvalue weighted by atomic mass is 32.2. The molecule has 2 nitrogen and oxygen atoms in total. The molecule has 3 rings (SSSR count). The van der Waals surface area contributed by atoms with E-state index in [2.05, 4.69) is 9.98 Å². The molecule has 4 heteroatoms.